The molecule has 3 rings (SSSR count). The predicted molar refractivity (Wildman–Crippen MR) is 103 cm³/mol. The topological polar surface area (TPSA) is 35.6 Å². The zero-order valence-corrected chi connectivity index (χ0v) is 15.2. The van der Waals surface area contributed by atoms with Crippen LogP contribution in [0.4, 0.5) is 5.69 Å². The number of hydrogen-bond acceptors (Lipinski definition) is 3. The summed E-state index contributed by atoms with van der Waals surface area (Å²) in [6.07, 6.45) is 0. The molecule has 0 aromatic heterocycles. The first-order valence-corrected chi connectivity index (χ1v) is 8.97. The van der Waals surface area contributed by atoms with Crippen molar-refractivity contribution >= 4 is 11.6 Å². The van der Waals surface area contributed by atoms with Gasteiger partial charge in [-0.2, -0.15) is 0 Å². The molecular weight excluding hydrogens is 310 g/mol. The molecule has 1 aliphatic heterocycles. The zero-order valence-electron chi connectivity index (χ0n) is 15.2. The molecule has 0 radical (unpaired) electrons. The Kier molecular flexibility index (Phi) is 5.71. The maximum atomic E-state index is 12.2. The number of amides is 1. The lowest BCUT2D eigenvalue weighted by Crippen LogP contribution is -2.49. The number of piperazine rings is 1. The van der Waals surface area contributed by atoms with E-state index >= 15 is 0 Å². The molecule has 0 aliphatic carbocycles. The van der Waals surface area contributed by atoms with Gasteiger partial charge in [0.05, 0.1) is 6.54 Å². The van der Waals surface area contributed by atoms with E-state index in [1.807, 2.05) is 0 Å². The average molecular weight is 337 g/mol. The van der Waals surface area contributed by atoms with Crippen molar-refractivity contribution in [3.05, 3.63) is 65.2 Å². The summed E-state index contributed by atoms with van der Waals surface area (Å²) in [7, 11) is 0. The third-order valence-electron chi connectivity index (χ3n) is 4.81. The van der Waals surface area contributed by atoms with Crippen molar-refractivity contribution in [2.24, 2.45) is 0 Å². The fourth-order valence-corrected chi connectivity index (χ4v) is 3.23. The van der Waals surface area contributed by atoms with E-state index in [1.165, 1.54) is 16.8 Å². The van der Waals surface area contributed by atoms with Crippen LogP contribution in [0.15, 0.2) is 48.5 Å². The van der Waals surface area contributed by atoms with Gasteiger partial charge in [-0.25, -0.2) is 0 Å². The van der Waals surface area contributed by atoms with Gasteiger partial charge < -0.3 is 10.2 Å². The largest absolute Gasteiger partial charge is 0.369 e. The molecule has 4 heteroatoms. The standard InChI is InChI=1S/C21H27N3O/c1-17-7-9-19(10-8-17)15-22-21(25)16-23-11-13-24(14-12-23)20-6-4-3-5-18(20)2/h3-10H,11-16H2,1-2H3,(H,22,25). The first-order valence-electron chi connectivity index (χ1n) is 8.97. The molecule has 2 aromatic carbocycles. The summed E-state index contributed by atoms with van der Waals surface area (Å²) in [6, 6.07) is 16.8. The van der Waals surface area contributed by atoms with Gasteiger partial charge in [-0.3, -0.25) is 9.69 Å². The van der Waals surface area contributed by atoms with E-state index in [0.717, 1.165) is 31.7 Å². The highest BCUT2D eigenvalue weighted by molar-refractivity contribution is 5.78. The Labute approximate surface area is 150 Å². The van der Waals surface area contributed by atoms with Gasteiger partial charge in [0.15, 0.2) is 0 Å². The number of para-hydroxylation sites is 1. The van der Waals surface area contributed by atoms with Crippen molar-refractivity contribution < 1.29 is 4.79 Å². The van der Waals surface area contributed by atoms with E-state index in [4.69, 9.17) is 0 Å². The molecule has 1 N–H and O–H groups in total. The maximum Gasteiger partial charge on any atom is 0.234 e. The molecule has 25 heavy (non-hydrogen) atoms. The van der Waals surface area contributed by atoms with Gasteiger partial charge in [-0.05, 0) is 31.0 Å². The summed E-state index contributed by atoms with van der Waals surface area (Å²) < 4.78 is 0. The molecule has 1 aliphatic rings. The van der Waals surface area contributed by atoms with Crippen LogP contribution in [0.3, 0.4) is 0 Å². The maximum absolute atomic E-state index is 12.2. The Bertz CT molecular complexity index is 703. The Hall–Kier alpha value is -2.33. The number of rotatable bonds is 5. The van der Waals surface area contributed by atoms with Crippen molar-refractivity contribution in [3.8, 4) is 0 Å². The second kappa shape index (κ2) is 8.17. The Morgan fingerprint density at radius 3 is 2.32 bits per heavy atom. The minimum absolute atomic E-state index is 0.102. The van der Waals surface area contributed by atoms with Crippen LogP contribution in [-0.4, -0.2) is 43.5 Å². The zero-order chi connectivity index (χ0) is 17.6. The SMILES string of the molecule is Cc1ccc(CNC(=O)CN2CCN(c3ccccc3C)CC2)cc1. The molecule has 1 heterocycles. The number of nitrogens with zero attached hydrogens (tertiary/aromatic N) is 2. The molecule has 4 nitrogen and oxygen atoms in total. The van der Waals surface area contributed by atoms with E-state index in [0.29, 0.717) is 13.1 Å². The quantitative estimate of drug-likeness (QED) is 0.911. The van der Waals surface area contributed by atoms with Crippen LogP contribution in [0.25, 0.3) is 0 Å². The van der Waals surface area contributed by atoms with Crippen molar-refractivity contribution in [2.45, 2.75) is 20.4 Å². The minimum atomic E-state index is 0.102. The summed E-state index contributed by atoms with van der Waals surface area (Å²) >= 11 is 0. The van der Waals surface area contributed by atoms with Gasteiger partial charge >= 0.3 is 0 Å². The van der Waals surface area contributed by atoms with Crippen molar-refractivity contribution in [1.82, 2.24) is 10.2 Å². The molecule has 2 aromatic rings. The van der Waals surface area contributed by atoms with Crippen LogP contribution in [0.1, 0.15) is 16.7 Å². The van der Waals surface area contributed by atoms with Crippen LogP contribution in [0, 0.1) is 13.8 Å². The van der Waals surface area contributed by atoms with E-state index in [-0.39, 0.29) is 5.91 Å². The molecular formula is C21H27N3O. The van der Waals surface area contributed by atoms with Gasteiger partial charge in [0.2, 0.25) is 5.91 Å². The lowest BCUT2D eigenvalue weighted by atomic mass is 10.1. The van der Waals surface area contributed by atoms with Crippen LogP contribution in [-0.2, 0) is 11.3 Å². The fraction of sp³-hybridized carbons (Fsp3) is 0.381. The highest BCUT2D eigenvalue weighted by Gasteiger charge is 2.19. The highest BCUT2D eigenvalue weighted by atomic mass is 16.2. The van der Waals surface area contributed by atoms with Crippen LogP contribution in [0.2, 0.25) is 0 Å². The first kappa shape index (κ1) is 17.5. The highest BCUT2D eigenvalue weighted by Crippen LogP contribution is 2.20. The number of carbonyl (C=O) groups is 1. The average Bonchev–Trinajstić information content (AvgIpc) is 2.62. The summed E-state index contributed by atoms with van der Waals surface area (Å²) in [6.45, 7) is 9.08. The molecule has 0 spiro atoms. The molecule has 0 unspecified atom stereocenters. The van der Waals surface area contributed by atoms with Crippen molar-refractivity contribution in [1.29, 1.82) is 0 Å². The molecule has 132 valence electrons. The van der Waals surface area contributed by atoms with E-state index < -0.39 is 0 Å². The van der Waals surface area contributed by atoms with Gasteiger partial charge in [0.25, 0.3) is 0 Å². The Balaban J connectivity index is 1.43. The number of nitrogens with one attached hydrogen (secondary N) is 1. The summed E-state index contributed by atoms with van der Waals surface area (Å²) in [5.74, 6) is 0.102. The predicted octanol–water partition coefficient (Wildman–Crippen LogP) is 2.74. The third kappa shape index (κ3) is 4.83. The summed E-state index contributed by atoms with van der Waals surface area (Å²) in [5, 5.41) is 3.02. The van der Waals surface area contributed by atoms with Crippen LogP contribution in [0.5, 0.6) is 0 Å². The minimum Gasteiger partial charge on any atom is -0.369 e. The van der Waals surface area contributed by atoms with Crippen molar-refractivity contribution in [3.63, 3.8) is 0 Å². The normalized spacial score (nSPS) is 15.2. The fourth-order valence-electron chi connectivity index (χ4n) is 3.23. The second-order valence-electron chi connectivity index (χ2n) is 6.81. The lowest BCUT2D eigenvalue weighted by Gasteiger charge is -2.36. The van der Waals surface area contributed by atoms with Crippen LogP contribution >= 0.6 is 0 Å². The second-order valence-corrected chi connectivity index (χ2v) is 6.81. The molecule has 1 amide bonds. The smallest absolute Gasteiger partial charge is 0.234 e. The van der Waals surface area contributed by atoms with Gasteiger partial charge in [0.1, 0.15) is 0 Å². The Morgan fingerprint density at radius 1 is 0.960 bits per heavy atom. The molecule has 0 saturated carbocycles. The molecule has 0 atom stereocenters. The van der Waals surface area contributed by atoms with Gasteiger partial charge in [-0.1, -0.05) is 48.0 Å². The molecule has 1 saturated heterocycles. The van der Waals surface area contributed by atoms with E-state index in [9.17, 15) is 4.79 Å². The number of hydrogen-bond donors (Lipinski definition) is 1. The Morgan fingerprint density at radius 2 is 1.64 bits per heavy atom. The van der Waals surface area contributed by atoms with Gasteiger partial charge in [-0.15, -0.1) is 0 Å². The monoisotopic (exact) mass is 337 g/mol. The summed E-state index contributed by atoms with van der Waals surface area (Å²) in [4.78, 5) is 16.8. The number of aryl methyl sites for hydroxylation is 2. The van der Waals surface area contributed by atoms with E-state index in [1.54, 1.807) is 0 Å². The van der Waals surface area contributed by atoms with Crippen molar-refractivity contribution in [2.75, 3.05) is 37.6 Å². The molecule has 1 fully saturated rings. The number of anilines is 1. The molecule has 0 bridgehead atoms. The first-order chi connectivity index (χ1) is 12.1. The van der Waals surface area contributed by atoms with Crippen LogP contribution < -0.4 is 10.2 Å². The lowest BCUT2D eigenvalue weighted by molar-refractivity contribution is -0.122. The summed E-state index contributed by atoms with van der Waals surface area (Å²) in [5.41, 5.74) is 5.00. The number of benzene rings is 2. The van der Waals surface area contributed by atoms with Gasteiger partial charge in [0, 0.05) is 38.4 Å². The number of carbonyl (C=O) groups excluding carboxylic acids is 1. The van der Waals surface area contributed by atoms with E-state index in [2.05, 4.69) is 77.5 Å². The third-order valence-corrected chi connectivity index (χ3v) is 4.81.